The summed E-state index contributed by atoms with van der Waals surface area (Å²) in [6.07, 6.45) is 12.0. The lowest BCUT2D eigenvalue weighted by atomic mass is 9.93. The quantitative estimate of drug-likeness (QED) is 0.683. The summed E-state index contributed by atoms with van der Waals surface area (Å²) in [5.74, 6) is 1.03. The van der Waals surface area contributed by atoms with E-state index in [0.717, 1.165) is 38.0 Å². The number of hydrogen-bond donors (Lipinski definition) is 0. The van der Waals surface area contributed by atoms with Crippen molar-refractivity contribution in [3.8, 4) is 0 Å². The highest BCUT2D eigenvalue weighted by Gasteiger charge is 2.34. The smallest absolute Gasteiger partial charge is 0.173 e. The standard InChI is InChI=1S/C25H39N7/c1-29(2)21-14-12-20(13-15-21)24(25-26-27-28-32(25)23-10-6-7-11-23)31-18-16-30(17-19-31)22-8-4-3-5-9-22/h12-15,22-24H,3-11,16-19H2,1-2H3/t24-/m0/s1. The van der Waals surface area contributed by atoms with Gasteiger partial charge in [-0.15, -0.1) is 5.10 Å². The highest BCUT2D eigenvalue weighted by Crippen LogP contribution is 2.35. The molecule has 32 heavy (non-hydrogen) atoms. The molecule has 2 aromatic rings. The van der Waals surface area contributed by atoms with Gasteiger partial charge in [0.05, 0.1) is 12.1 Å². The van der Waals surface area contributed by atoms with Crippen molar-refractivity contribution in [3.05, 3.63) is 35.7 Å². The fourth-order valence-electron chi connectivity index (χ4n) is 6.07. The van der Waals surface area contributed by atoms with E-state index in [9.17, 15) is 0 Å². The molecule has 0 amide bonds. The Kier molecular flexibility index (Phi) is 6.74. The van der Waals surface area contributed by atoms with Gasteiger partial charge in [0.1, 0.15) is 0 Å². The molecule has 5 rings (SSSR count). The second kappa shape index (κ2) is 9.87. The van der Waals surface area contributed by atoms with E-state index in [0.29, 0.717) is 6.04 Å². The van der Waals surface area contributed by atoms with E-state index in [1.807, 2.05) is 0 Å². The third kappa shape index (κ3) is 4.55. The number of rotatable bonds is 6. The summed E-state index contributed by atoms with van der Waals surface area (Å²) in [7, 11) is 4.19. The highest BCUT2D eigenvalue weighted by atomic mass is 15.6. The van der Waals surface area contributed by atoms with Crippen LogP contribution in [-0.4, -0.2) is 76.3 Å². The molecule has 1 aliphatic heterocycles. The largest absolute Gasteiger partial charge is 0.378 e. The lowest BCUT2D eigenvalue weighted by Gasteiger charge is -2.43. The van der Waals surface area contributed by atoms with Gasteiger partial charge in [-0.1, -0.05) is 44.2 Å². The van der Waals surface area contributed by atoms with Crippen LogP contribution in [0.5, 0.6) is 0 Å². The maximum atomic E-state index is 4.62. The van der Waals surface area contributed by atoms with Crippen LogP contribution in [0.15, 0.2) is 24.3 Å². The molecular weight excluding hydrogens is 398 g/mol. The van der Waals surface area contributed by atoms with E-state index in [2.05, 4.69) is 73.3 Å². The van der Waals surface area contributed by atoms with Gasteiger partial charge in [0.2, 0.25) is 0 Å². The number of tetrazole rings is 1. The molecule has 0 bridgehead atoms. The van der Waals surface area contributed by atoms with Gasteiger partial charge in [0.25, 0.3) is 0 Å². The Hall–Kier alpha value is -1.99. The van der Waals surface area contributed by atoms with E-state index in [1.165, 1.54) is 69.0 Å². The van der Waals surface area contributed by atoms with Gasteiger partial charge in [0.15, 0.2) is 5.82 Å². The van der Waals surface area contributed by atoms with Gasteiger partial charge in [0, 0.05) is 52.0 Å². The molecule has 1 aromatic heterocycles. The molecule has 3 aliphatic rings. The second-order valence-corrected chi connectivity index (χ2v) is 10.2. The van der Waals surface area contributed by atoms with E-state index in [-0.39, 0.29) is 6.04 Å². The minimum Gasteiger partial charge on any atom is -0.378 e. The topological polar surface area (TPSA) is 53.3 Å². The Morgan fingerprint density at radius 3 is 2.09 bits per heavy atom. The molecule has 1 atom stereocenters. The Bertz CT molecular complexity index is 841. The van der Waals surface area contributed by atoms with Crippen LogP contribution in [0.25, 0.3) is 0 Å². The predicted octanol–water partition coefficient (Wildman–Crippen LogP) is 3.89. The van der Waals surface area contributed by atoms with Crippen LogP contribution in [0, 0.1) is 0 Å². The molecule has 174 valence electrons. The Morgan fingerprint density at radius 2 is 1.44 bits per heavy atom. The summed E-state index contributed by atoms with van der Waals surface area (Å²) in [4.78, 5) is 7.53. The number of benzene rings is 1. The van der Waals surface area contributed by atoms with E-state index >= 15 is 0 Å². The summed E-state index contributed by atoms with van der Waals surface area (Å²) < 4.78 is 2.16. The molecule has 1 saturated heterocycles. The van der Waals surface area contributed by atoms with E-state index in [4.69, 9.17) is 0 Å². The van der Waals surface area contributed by atoms with Gasteiger partial charge in [-0.05, 0) is 53.8 Å². The van der Waals surface area contributed by atoms with E-state index in [1.54, 1.807) is 0 Å². The van der Waals surface area contributed by atoms with Gasteiger partial charge in [-0.3, -0.25) is 9.80 Å². The maximum absolute atomic E-state index is 4.62. The van der Waals surface area contributed by atoms with Crippen molar-refractivity contribution in [2.45, 2.75) is 75.9 Å². The normalized spacial score (nSPS) is 22.9. The van der Waals surface area contributed by atoms with Crippen molar-refractivity contribution in [3.63, 3.8) is 0 Å². The lowest BCUT2D eigenvalue weighted by Crippen LogP contribution is -2.52. The number of piperazine rings is 1. The van der Waals surface area contributed by atoms with E-state index < -0.39 is 0 Å². The predicted molar refractivity (Wildman–Crippen MR) is 128 cm³/mol. The van der Waals surface area contributed by atoms with Crippen LogP contribution >= 0.6 is 0 Å². The SMILES string of the molecule is CN(C)c1ccc([C@@H](c2nnnn2C2CCCC2)N2CCN(C3CCCCC3)CC2)cc1. The third-order valence-electron chi connectivity index (χ3n) is 7.96. The molecule has 1 aromatic carbocycles. The Labute approximate surface area is 192 Å². The number of nitrogens with zero attached hydrogens (tertiary/aromatic N) is 7. The zero-order valence-electron chi connectivity index (χ0n) is 19.9. The molecule has 7 nitrogen and oxygen atoms in total. The summed E-state index contributed by atoms with van der Waals surface area (Å²) in [6.45, 7) is 4.46. The van der Waals surface area contributed by atoms with Crippen LogP contribution in [-0.2, 0) is 0 Å². The first kappa shape index (κ1) is 21.8. The minimum absolute atomic E-state index is 0.121. The zero-order chi connectivity index (χ0) is 21.9. The monoisotopic (exact) mass is 437 g/mol. The molecule has 0 unspecified atom stereocenters. The minimum atomic E-state index is 0.121. The fourth-order valence-corrected chi connectivity index (χ4v) is 6.07. The molecule has 2 aliphatic carbocycles. The van der Waals surface area contributed by atoms with Crippen LogP contribution in [0.2, 0.25) is 0 Å². The summed E-state index contributed by atoms with van der Waals surface area (Å²) in [5.41, 5.74) is 2.53. The Morgan fingerprint density at radius 1 is 0.812 bits per heavy atom. The van der Waals surface area contributed by atoms with Crippen molar-refractivity contribution >= 4 is 5.69 Å². The van der Waals surface area contributed by atoms with Crippen molar-refractivity contribution in [1.82, 2.24) is 30.0 Å². The van der Waals surface area contributed by atoms with Crippen LogP contribution in [0.1, 0.15) is 81.3 Å². The third-order valence-corrected chi connectivity index (χ3v) is 7.96. The molecule has 0 spiro atoms. The number of hydrogen-bond acceptors (Lipinski definition) is 6. The number of aromatic nitrogens is 4. The lowest BCUT2D eigenvalue weighted by molar-refractivity contribution is 0.0615. The maximum Gasteiger partial charge on any atom is 0.173 e. The van der Waals surface area contributed by atoms with Gasteiger partial charge < -0.3 is 4.90 Å². The molecule has 7 heteroatoms. The van der Waals surface area contributed by atoms with Crippen LogP contribution < -0.4 is 4.90 Å². The highest BCUT2D eigenvalue weighted by molar-refractivity contribution is 5.47. The number of anilines is 1. The zero-order valence-corrected chi connectivity index (χ0v) is 19.9. The molecule has 2 saturated carbocycles. The summed E-state index contributed by atoms with van der Waals surface area (Å²) in [5, 5.41) is 13.3. The van der Waals surface area contributed by atoms with Crippen molar-refractivity contribution in [1.29, 1.82) is 0 Å². The first-order chi connectivity index (χ1) is 15.7. The van der Waals surface area contributed by atoms with Crippen molar-refractivity contribution in [2.75, 3.05) is 45.2 Å². The molecule has 2 heterocycles. The summed E-state index contributed by atoms with van der Waals surface area (Å²) >= 11 is 0. The fraction of sp³-hybridized carbons (Fsp3) is 0.720. The van der Waals surface area contributed by atoms with Crippen molar-refractivity contribution < 1.29 is 0 Å². The summed E-state index contributed by atoms with van der Waals surface area (Å²) in [6, 6.07) is 10.4. The van der Waals surface area contributed by atoms with Crippen LogP contribution in [0.4, 0.5) is 5.69 Å². The first-order valence-corrected chi connectivity index (χ1v) is 12.7. The van der Waals surface area contributed by atoms with Crippen LogP contribution in [0.3, 0.4) is 0 Å². The molecule has 3 fully saturated rings. The molecule has 0 radical (unpaired) electrons. The molecular formula is C25H39N7. The second-order valence-electron chi connectivity index (χ2n) is 10.2. The first-order valence-electron chi connectivity index (χ1n) is 12.7. The average molecular weight is 438 g/mol. The average Bonchev–Trinajstić information content (AvgIpc) is 3.53. The molecule has 0 N–H and O–H groups in total. The van der Waals surface area contributed by atoms with Gasteiger partial charge in [-0.25, -0.2) is 4.68 Å². The van der Waals surface area contributed by atoms with Gasteiger partial charge >= 0.3 is 0 Å². The Balaban J connectivity index is 1.40. The van der Waals surface area contributed by atoms with Crippen molar-refractivity contribution in [2.24, 2.45) is 0 Å². The van der Waals surface area contributed by atoms with Gasteiger partial charge in [-0.2, -0.15) is 0 Å².